The Morgan fingerprint density at radius 2 is 1.00 bits per heavy atom. The van der Waals surface area contributed by atoms with Crippen LogP contribution in [0, 0.1) is 0 Å². The highest BCUT2D eigenvalue weighted by Gasteiger charge is 2.45. The first-order chi connectivity index (χ1) is 7.19. The van der Waals surface area contributed by atoms with E-state index in [9.17, 15) is 0 Å². The Kier molecular flexibility index (Phi) is 2.87. The van der Waals surface area contributed by atoms with Gasteiger partial charge in [-0.1, -0.05) is 0 Å². The molecule has 0 spiro atoms. The number of hydrogen-bond donors (Lipinski definition) is 0. The first-order valence-electron chi connectivity index (χ1n) is 6.73. The molecule has 16 heavy (non-hydrogen) atoms. The van der Waals surface area contributed by atoms with Crippen molar-refractivity contribution in [1.82, 2.24) is 9.80 Å². The van der Waals surface area contributed by atoms with Gasteiger partial charge in [-0.3, -0.25) is 9.80 Å². The van der Waals surface area contributed by atoms with Gasteiger partial charge < -0.3 is 0 Å². The molecule has 0 N–H and O–H groups in total. The molecule has 0 aromatic rings. The fraction of sp³-hybridized carbons (Fsp3) is 1.00. The van der Waals surface area contributed by atoms with Crippen LogP contribution in [0.25, 0.3) is 0 Å². The van der Waals surface area contributed by atoms with Crippen molar-refractivity contribution in [2.24, 2.45) is 0 Å². The summed E-state index contributed by atoms with van der Waals surface area (Å²) in [4.78, 5) is 5.45. The van der Waals surface area contributed by atoms with E-state index in [-0.39, 0.29) is 0 Å². The number of rotatable bonds is 0. The Morgan fingerprint density at radius 3 is 1.19 bits per heavy atom. The summed E-state index contributed by atoms with van der Waals surface area (Å²) in [5.74, 6) is 0. The molecule has 2 heteroatoms. The Hall–Kier alpha value is -0.0800. The van der Waals surface area contributed by atoms with Gasteiger partial charge in [0.1, 0.15) is 0 Å². The third-order valence-corrected chi connectivity index (χ3v) is 4.25. The predicted octanol–water partition coefficient (Wildman–Crippen LogP) is 2.73. The maximum Gasteiger partial charge on any atom is 0.0229 e. The highest BCUT2D eigenvalue weighted by molar-refractivity contribution is 5.02. The number of piperazine rings is 1. The van der Waals surface area contributed by atoms with Crippen LogP contribution in [0.15, 0.2) is 0 Å². The lowest BCUT2D eigenvalue weighted by Gasteiger charge is -2.59. The average molecular weight is 224 g/mol. The van der Waals surface area contributed by atoms with Crippen LogP contribution in [0.3, 0.4) is 0 Å². The number of piperidine rings is 2. The van der Waals surface area contributed by atoms with Gasteiger partial charge in [-0.2, -0.15) is 0 Å². The lowest BCUT2D eigenvalue weighted by molar-refractivity contribution is -0.0946. The zero-order chi connectivity index (χ0) is 12.1. The normalized spacial score (nSPS) is 33.4. The lowest BCUT2D eigenvalue weighted by atomic mass is 9.84. The highest BCUT2D eigenvalue weighted by Crippen LogP contribution is 2.36. The van der Waals surface area contributed by atoms with Gasteiger partial charge in [0, 0.05) is 36.3 Å². The van der Waals surface area contributed by atoms with Crippen molar-refractivity contribution >= 4 is 0 Å². The quantitative estimate of drug-likeness (QED) is 0.624. The molecule has 3 aliphatic heterocycles. The maximum atomic E-state index is 2.73. The topological polar surface area (TPSA) is 6.48 Å². The van der Waals surface area contributed by atoms with E-state index in [1.165, 1.54) is 25.9 Å². The molecule has 2 unspecified atom stereocenters. The average Bonchev–Trinajstić information content (AvgIpc) is 2.15. The third kappa shape index (κ3) is 2.14. The molecule has 2 nitrogen and oxygen atoms in total. The largest absolute Gasteiger partial charge is 0.293 e. The van der Waals surface area contributed by atoms with Crippen LogP contribution in [0.1, 0.15) is 54.4 Å². The van der Waals surface area contributed by atoms with Crippen molar-refractivity contribution in [2.75, 3.05) is 13.1 Å². The fourth-order valence-corrected chi connectivity index (χ4v) is 3.47. The van der Waals surface area contributed by atoms with Crippen molar-refractivity contribution in [3.05, 3.63) is 0 Å². The molecule has 0 aliphatic carbocycles. The van der Waals surface area contributed by atoms with Crippen LogP contribution in [-0.2, 0) is 0 Å². The van der Waals surface area contributed by atoms with Crippen molar-refractivity contribution < 1.29 is 0 Å². The van der Waals surface area contributed by atoms with Crippen LogP contribution in [0.4, 0.5) is 0 Å². The molecule has 0 aromatic carbocycles. The molecule has 3 fully saturated rings. The molecule has 3 aliphatic rings. The Balaban J connectivity index is 2.13. The van der Waals surface area contributed by atoms with Gasteiger partial charge in [-0.25, -0.2) is 0 Å². The molecule has 3 saturated heterocycles. The second-order valence-electron chi connectivity index (χ2n) is 7.53. The van der Waals surface area contributed by atoms with Gasteiger partial charge >= 0.3 is 0 Å². The Labute approximate surface area is 101 Å². The Morgan fingerprint density at radius 1 is 0.688 bits per heavy atom. The number of hydrogen-bond acceptors (Lipinski definition) is 2. The van der Waals surface area contributed by atoms with E-state index in [1.54, 1.807) is 0 Å². The van der Waals surface area contributed by atoms with Crippen LogP contribution in [0.2, 0.25) is 0 Å². The Bertz CT molecular complexity index is 231. The molecule has 2 atom stereocenters. The minimum absolute atomic E-state index is 0.341. The SMILES string of the molecule is CC(C)(C)N1CC2CCC1CN2C(C)(C)C. The maximum absolute atomic E-state index is 2.73. The number of nitrogens with zero attached hydrogens (tertiary/aromatic N) is 2. The second-order valence-corrected chi connectivity index (χ2v) is 7.53. The second kappa shape index (κ2) is 3.71. The van der Waals surface area contributed by atoms with Crippen LogP contribution in [-0.4, -0.2) is 46.1 Å². The molecule has 3 heterocycles. The van der Waals surface area contributed by atoms with E-state index in [0.29, 0.717) is 11.1 Å². The summed E-state index contributed by atoms with van der Waals surface area (Å²) in [6, 6.07) is 1.56. The smallest absolute Gasteiger partial charge is 0.0229 e. The van der Waals surface area contributed by atoms with Crippen molar-refractivity contribution in [3.8, 4) is 0 Å². The first-order valence-corrected chi connectivity index (χ1v) is 6.73. The summed E-state index contributed by atoms with van der Waals surface area (Å²) in [6.07, 6.45) is 2.79. The van der Waals surface area contributed by atoms with Gasteiger partial charge in [-0.05, 0) is 54.4 Å². The number of fused-ring (bicyclic) bond motifs is 3. The van der Waals surface area contributed by atoms with Crippen molar-refractivity contribution in [1.29, 1.82) is 0 Å². The van der Waals surface area contributed by atoms with Crippen molar-refractivity contribution in [2.45, 2.75) is 77.5 Å². The zero-order valence-corrected chi connectivity index (χ0v) is 11.9. The summed E-state index contributed by atoms with van der Waals surface area (Å²) >= 11 is 0. The summed E-state index contributed by atoms with van der Waals surface area (Å²) in [7, 11) is 0. The summed E-state index contributed by atoms with van der Waals surface area (Å²) in [5, 5.41) is 0. The zero-order valence-electron chi connectivity index (χ0n) is 11.9. The molecule has 3 rings (SSSR count). The molecule has 0 aromatic heterocycles. The van der Waals surface area contributed by atoms with Crippen LogP contribution >= 0.6 is 0 Å². The standard InChI is InChI=1S/C14H28N2/c1-13(2,3)15-9-12-8-7-11(15)10-16(12)14(4,5)6/h11-12H,7-10H2,1-6H3. The first kappa shape index (κ1) is 12.4. The summed E-state index contributed by atoms with van der Waals surface area (Å²) in [6.45, 7) is 16.7. The van der Waals surface area contributed by atoms with E-state index in [0.717, 1.165) is 12.1 Å². The fourth-order valence-electron chi connectivity index (χ4n) is 3.47. The molecule has 0 amide bonds. The van der Waals surface area contributed by atoms with Gasteiger partial charge in [-0.15, -0.1) is 0 Å². The molecular weight excluding hydrogens is 196 g/mol. The summed E-state index contributed by atoms with van der Waals surface area (Å²) in [5.41, 5.74) is 0.681. The molecule has 2 bridgehead atoms. The van der Waals surface area contributed by atoms with E-state index in [2.05, 4.69) is 51.3 Å². The van der Waals surface area contributed by atoms with E-state index in [1.807, 2.05) is 0 Å². The van der Waals surface area contributed by atoms with E-state index < -0.39 is 0 Å². The summed E-state index contributed by atoms with van der Waals surface area (Å²) < 4.78 is 0. The van der Waals surface area contributed by atoms with Crippen LogP contribution in [0.5, 0.6) is 0 Å². The van der Waals surface area contributed by atoms with Crippen LogP contribution < -0.4 is 0 Å². The molecule has 0 radical (unpaired) electrons. The van der Waals surface area contributed by atoms with E-state index >= 15 is 0 Å². The molecule has 0 saturated carbocycles. The van der Waals surface area contributed by atoms with E-state index in [4.69, 9.17) is 0 Å². The predicted molar refractivity (Wildman–Crippen MR) is 69.7 cm³/mol. The minimum atomic E-state index is 0.341. The lowest BCUT2D eigenvalue weighted by Crippen LogP contribution is -2.69. The van der Waals surface area contributed by atoms with Crippen molar-refractivity contribution in [3.63, 3.8) is 0 Å². The molecular formula is C14H28N2. The monoisotopic (exact) mass is 224 g/mol. The molecule has 94 valence electrons. The third-order valence-electron chi connectivity index (χ3n) is 4.25. The van der Waals surface area contributed by atoms with Gasteiger partial charge in [0.2, 0.25) is 0 Å². The van der Waals surface area contributed by atoms with Gasteiger partial charge in [0.25, 0.3) is 0 Å². The van der Waals surface area contributed by atoms with Gasteiger partial charge in [0.15, 0.2) is 0 Å². The minimum Gasteiger partial charge on any atom is -0.293 e. The highest BCUT2D eigenvalue weighted by atomic mass is 15.4. The van der Waals surface area contributed by atoms with Gasteiger partial charge in [0.05, 0.1) is 0 Å².